The van der Waals surface area contributed by atoms with Gasteiger partial charge in [-0.1, -0.05) is 35.5 Å². The number of nitro groups is 1. The molecule has 0 bridgehead atoms. The van der Waals surface area contributed by atoms with E-state index in [1.807, 2.05) is 30.3 Å². The highest BCUT2D eigenvalue weighted by Gasteiger charge is 2.32. The predicted molar refractivity (Wildman–Crippen MR) is 77.0 cm³/mol. The van der Waals surface area contributed by atoms with Crippen molar-refractivity contribution in [3.63, 3.8) is 0 Å². The zero-order valence-corrected chi connectivity index (χ0v) is 12.0. The van der Waals surface area contributed by atoms with Gasteiger partial charge in [0, 0.05) is 5.56 Å². The van der Waals surface area contributed by atoms with Gasteiger partial charge < -0.3 is 4.52 Å². The lowest BCUT2D eigenvalue weighted by atomic mass is 10.1. The fourth-order valence-electron chi connectivity index (χ4n) is 1.99. The van der Waals surface area contributed by atoms with E-state index in [9.17, 15) is 10.1 Å². The molecule has 0 fully saturated rings. The van der Waals surface area contributed by atoms with Crippen LogP contribution in [0.4, 0.5) is 5.69 Å². The highest BCUT2D eigenvalue weighted by molar-refractivity contribution is 5.53. The van der Waals surface area contributed by atoms with Crippen LogP contribution < -0.4 is 0 Å². The van der Waals surface area contributed by atoms with Crippen LogP contribution >= 0.6 is 0 Å². The summed E-state index contributed by atoms with van der Waals surface area (Å²) >= 11 is 0. The summed E-state index contributed by atoms with van der Waals surface area (Å²) in [6.07, 6.45) is 2.53. The summed E-state index contributed by atoms with van der Waals surface area (Å²) < 4.78 is 6.75. The lowest BCUT2D eigenvalue weighted by Crippen LogP contribution is -2.28. The Balaban J connectivity index is 1.95. The lowest BCUT2D eigenvalue weighted by Gasteiger charge is -2.19. The van der Waals surface area contributed by atoms with Crippen LogP contribution in [-0.2, 0) is 5.54 Å². The largest absolute Gasteiger partial charge is 0.336 e. The molecule has 0 atom stereocenters. The van der Waals surface area contributed by atoms with Crippen LogP contribution in [0.15, 0.2) is 47.2 Å². The molecule has 0 unspecified atom stereocenters. The van der Waals surface area contributed by atoms with Crippen molar-refractivity contribution in [3.8, 4) is 11.4 Å². The molecule has 0 aliphatic carbocycles. The number of aromatic nitrogens is 4. The van der Waals surface area contributed by atoms with Gasteiger partial charge in [-0.3, -0.25) is 14.8 Å². The van der Waals surface area contributed by atoms with Crippen LogP contribution in [0.25, 0.3) is 11.4 Å². The SMILES string of the molecule is CC(C)(c1nc(-c2ccccc2)no1)n1cc([N+](=O)[O-])cn1. The van der Waals surface area contributed by atoms with Crippen LogP contribution in [0.3, 0.4) is 0 Å². The molecular weight excluding hydrogens is 286 g/mol. The Morgan fingerprint density at radius 2 is 2.00 bits per heavy atom. The molecule has 0 aliphatic rings. The first kappa shape index (κ1) is 13.9. The molecule has 0 saturated heterocycles. The van der Waals surface area contributed by atoms with Gasteiger partial charge in [-0.05, 0) is 13.8 Å². The number of nitrogens with zero attached hydrogens (tertiary/aromatic N) is 5. The van der Waals surface area contributed by atoms with Crippen LogP contribution in [-0.4, -0.2) is 24.8 Å². The molecule has 8 nitrogen and oxygen atoms in total. The second-order valence-corrected chi connectivity index (χ2v) is 5.25. The van der Waals surface area contributed by atoms with Crippen LogP contribution in [0.5, 0.6) is 0 Å². The van der Waals surface area contributed by atoms with Crippen molar-refractivity contribution in [2.24, 2.45) is 0 Å². The van der Waals surface area contributed by atoms with Gasteiger partial charge in [0.15, 0.2) is 0 Å². The maximum Gasteiger partial charge on any atom is 0.307 e. The molecular formula is C14H13N5O3. The van der Waals surface area contributed by atoms with Crippen LogP contribution in [0.1, 0.15) is 19.7 Å². The molecule has 22 heavy (non-hydrogen) atoms. The third-order valence-corrected chi connectivity index (χ3v) is 3.33. The number of hydrogen-bond donors (Lipinski definition) is 0. The minimum Gasteiger partial charge on any atom is -0.336 e. The van der Waals surface area contributed by atoms with Crippen molar-refractivity contribution in [2.45, 2.75) is 19.4 Å². The molecule has 0 amide bonds. The van der Waals surface area contributed by atoms with E-state index in [0.29, 0.717) is 11.7 Å². The minimum atomic E-state index is -0.797. The fraction of sp³-hybridized carbons (Fsp3) is 0.214. The van der Waals surface area contributed by atoms with Gasteiger partial charge in [0.25, 0.3) is 5.89 Å². The molecule has 0 saturated carbocycles. The lowest BCUT2D eigenvalue weighted by molar-refractivity contribution is -0.385. The highest BCUT2D eigenvalue weighted by Crippen LogP contribution is 2.27. The zero-order chi connectivity index (χ0) is 15.7. The summed E-state index contributed by atoms with van der Waals surface area (Å²) in [5, 5.41) is 18.7. The Morgan fingerprint density at radius 1 is 1.27 bits per heavy atom. The van der Waals surface area contributed by atoms with Gasteiger partial charge in [0.1, 0.15) is 17.9 Å². The normalized spacial score (nSPS) is 11.5. The molecule has 3 aromatic rings. The van der Waals surface area contributed by atoms with Crippen LogP contribution in [0, 0.1) is 10.1 Å². The van der Waals surface area contributed by atoms with Crippen molar-refractivity contribution in [1.29, 1.82) is 0 Å². The Kier molecular flexibility index (Phi) is 3.21. The molecule has 112 valence electrons. The molecule has 3 rings (SSSR count). The Hall–Kier alpha value is -3.03. The smallest absolute Gasteiger partial charge is 0.307 e. The van der Waals surface area contributed by atoms with Crippen molar-refractivity contribution in [3.05, 3.63) is 58.7 Å². The van der Waals surface area contributed by atoms with Gasteiger partial charge in [-0.15, -0.1) is 0 Å². The second-order valence-electron chi connectivity index (χ2n) is 5.25. The quantitative estimate of drug-likeness (QED) is 0.542. The predicted octanol–water partition coefficient (Wildman–Crippen LogP) is 2.62. The van der Waals surface area contributed by atoms with E-state index in [1.165, 1.54) is 17.1 Å². The number of rotatable bonds is 4. The molecule has 8 heteroatoms. The first-order valence-corrected chi connectivity index (χ1v) is 6.57. The second kappa shape index (κ2) is 5.06. The average Bonchev–Trinajstić information content (AvgIpc) is 3.18. The molecule has 0 N–H and O–H groups in total. The van der Waals surface area contributed by atoms with E-state index in [-0.39, 0.29) is 5.69 Å². The average molecular weight is 299 g/mol. The van der Waals surface area contributed by atoms with Gasteiger partial charge >= 0.3 is 5.69 Å². The summed E-state index contributed by atoms with van der Waals surface area (Å²) in [6, 6.07) is 9.42. The van der Waals surface area contributed by atoms with Crippen molar-refractivity contribution < 1.29 is 9.45 Å². The summed E-state index contributed by atoms with van der Waals surface area (Å²) in [5.74, 6) is 0.787. The minimum absolute atomic E-state index is 0.0872. The maximum atomic E-state index is 10.8. The van der Waals surface area contributed by atoms with E-state index >= 15 is 0 Å². The fourth-order valence-corrected chi connectivity index (χ4v) is 1.99. The molecule has 2 heterocycles. The topological polar surface area (TPSA) is 99.9 Å². The van der Waals surface area contributed by atoms with Crippen molar-refractivity contribution >= 4 is 5.69 Å². The van der Waals surface area contributed by atoms with E-state index in [1.54, 1.807) is 13.8 Å². The Bertz CT molecular complexity index is 807. The Labute approximate surface area is 125 Å². The summed E-state index contributed by atoms with van der Waals surface area (Å²) in [7, 11) is 0. The standard InChI is InChI=1S/C14H13N5O3/c1-14(2,18-9-11(8-15-18)19(20)21)13-16-12(17-22-13)10-6-4-3-5-7-10/h3-9H,1-2H3. The van der Waals surface area contributed by atoms with Gasteiger partial charge in [-0.25, -0.2) is 0 Å². The van der Waals surface area contributed by atoms with E-state index in [0.717, 1.165) is 5.56 Å². The first-order chi connectivity index (χ1) is 10.5. The summed E-state index contributed by atoms with van der Waals surface area (Å²) in [4.78, 5) is 14.6. The molecule has 2 aromatic heterocycles. The monoisotopic (exact) mass is 299 g/mol. The van der Waals surface area contributed by atoms with E-state index in [2.05, 4.69) is 15.2 Å². The highest BCUT2D eigenvalue weighted by atomic mass is 16.6. The third-order valence-electron chi connectivity index (χ3n) is 3.33. The van der Waals surface area contributed by atoms with Gasteiger partial charge in [-0.2, -0.15) is 10.1 Å². The third kappa shape index (κ3) is 2.34. The van der Waals surface area contributed by atoms with Crippen molar-refractivity contribution in [1.82, 2.24) is 19.9 Å². The number of hydrogen-bond acceptors (Lipinski definition) is 6. The number of benzene rings is 1. The van der Waals surface area contributed by atoms with E-state index in [4.69, 9.17) is 4.52 Å². The molecule has 0 radical (unpaired) electrons. The molecule has 0 aliphatic heterocycles. The van der Waals surface area contributed by atoms with Gasteiger partial charge in [0.05, 0.1) is 4.92 Å². The van der Waals surface area contributed by atoms with Crippen molar-refractivity contribution in [2.75, 3.05) is 0 Å². The summed E-state index contributed by atoms with van der Waals surface area (Å²) in [6.45, 7) is 3.60. The zero-order valence-electron chi connectivity index (χ0n) is 12.0. The molecule has 0 spiro atoms. The maximum absolute atomic E-state index is 10.8. The van der Waals surface area contributed by atoms with Crippen LogP contribution in [0.2, 0.25) is 0 Å². The Morgan fingerprint density at radius 3 is 2.64 bits per heavy atom. The summed E-state index contributed by atoms with van der Waals surface area (Å²) in [5.41, 5.74) is -0.0514. The first-order valence-electron chi connectivity index (χ1n) is 6.57. The van der Waals surface area contributed by atoms with Gasteiger partial charge in [0.2, 0.25) is 5.82 Å². The van der Waals surface area contributed by atoms with E-state index < -0.39 is 10.5 Å². The molecule has 1 aromatic carbocycles.